The molecule has 1 unspecified atom stereocenters. The van der Waals surface area contributed by atoms with E-state index in [1.54, 1.807) is 7.11 Å². The Balaban J connectivity index is 2.12. The third-order valence-electron chi connectivity index (χ3n) is 3.67. The Morgan fingerprint density at radius 1 is 1.40 bits per heavy atom. The molecule has 0 radical (unpaired) electrons. The summed E-state index contributed by atoms with van der Waals surface area (Å²) in [6.45, 7) is 9.51. The highest BCUT2D eigenvalue weighted by molar-refractivity contribution is 5.82. The van der Waals surface area contributed by atoms with Crippen LogP contribution in [0.5, 0.6) is 5.75 Å². The molecule has 110 valence electrons. The van der Waals surface area contributed by atoms with E-state index in [9.17, 15) is 0 Å². The molecule has 20 heavy (non-hydrogen) atoms. The molecule has 1 aromatic rings. The minimum absolute atomic E-state index is 0.217. The van der Waals surface area contributed by atoms with Gasteiger partial charge in [0, 0.05) is 18.7 Å². The third kappa shape index (κ3) is 3.31. The minimum atomic E-state index is 0.217. The Morgan fingerprint density at radius 2 is 2.20 bits per heavy atom. The van der Waals surface area contributed by atoms with Crippen LogP contribution in [0.2, 0.25) is 0 Å². The fraction of sp³-hybridized carbons (Fsp3) is 0.562. The standard InChI is InChI=1S/C16H24N2O2/c1-5-20-16-13(3)18(9-8-17-16)11-14-7-6-12(2)10-15(14)19-4/h6-7,10,13H,5,8-9,11H2,1-4H3. The number of rotatable bonds is 4. The maximum atomic E-state index is 5.62. The summed E-state index contributed by atoms with van der Waals surface area (Å²) >= 11 is 0. The van der Waals surface area contributed by atoms with E-state index < -0.39 is 0 Å². The topological polar surface area (TPSA) is 34.1 Å². The lowest BCUT2D eigenvalue weighted by Crippen LogP contribution is -2.44. The Morgan fingerprint density at radius 3 is 2.90 bits per heavy atom. The number of hydrogen-bond acceptors (Lipinski definition) is 4. The second-order valence-corrected chi connectivity index (χ2v) is 5.11. The van der Waals surface area contributed by atoms with Gasteiger partial charge in [0.1, 0.15) is 5.75 Å². The summed E-state index contributed by atoms with van der Waals surface area (Å²) in [7, 11) is 1.73. The van der Waals surface area contributed by atoms with Crippen LogP contribution in [0.25, 0.3) is 0 Å². The number of hydrogen-bond donors (Lipinski definition) is 0. The van der Waals surface area contributed by atoms with Crippen LogP contribution in [0.15, 0.2) is 23.2 Å². The van der Waals surface area contributed by atoms with Gasteiger partial charge in [-0.15, -0.1) is 0 Å². The van der Waals surface area contributed by atoms with Crippen molar-refractivity contribution in [1.29, 1.82) is 0 Å². The smallest absolute Gasteiger partial charge is 0.200 e. The van der Waals surface area contributed by atoms with Crippen molar-refractivity contribution in [1.82, 2.24) is 4.90 Å². The quantitative estimate of drug-likeness (QED) is 0.848. The van der Waals surface area contributed by atoms with Crippen LogP contribution in [0.4, 0.5) is 0 Å². The molecule has 0 amide bonds. The Hall–Kier alpha value is -1.55. The third-order valence-corrected chi connectivity index (χ3v) is 3.67. The summed E-state index contributed by atoms with van der Waals surface area (Å²) in [4.78, 5) is 6.85. The lowest BCUT2D eigenvalue weighted by molar-refractivity contribution is 0.192. The highest BCUT2D eigenvalue weighted by Gasteiger charge is 2.24. The molecule has 1 heterocycles. The first kappa shape index (κ1) is 14.9. The molecule has 0 bridgehead atoms. The second-order valence-electron chi connectivity index (χ2n) is 5.11. The zero-order valence-electron chi connectivity index (χ0n) is 12.8. The van der Waals surface area contributed by atoms with E-state index in [1.807, 2.05) is 6.92 Å². The molecule has 4 heteroatoms. The van der Waals surface area contributed by atoms with Crippen molar-refractivity contribution in [2.24, 2.45) is 4.99 Å². The van der Waals surface area contributed by atoms with Gasteiger partial charge in [0.25, 0.3) is 0 Å². The van der Waals surface area contributed by atoms with Crippen molar-refractivity contribution in [2.75, 3.05) is 26.8 Å². The van der Waals surface area contributed by atoms with Gasteiger partial charge in [0.2, 0.25) is 5.90 Å². The zero-order valence-corrected chi connectivity index (χ0v) is 12.8. The van der Waals surface area contributed by atoms with Crippen LogP contribution in [0.1, 0.15) is 25.0 Å². The zero-order chi connectivity index (χ0) is 14.5. The predicted molar refractivity (Wildman–Crippen MR) is 81.5 cm³/mol. The van der Waals surface area contributed by atoms with Gasteiger partial charge in [-0.05, 0) is 32.4 Å². The number of ether oxygens (including phenoxy) is 2. The molecular weight excluding hydrogens is 252 g/mol. The van der Waals surface area contributed by atoms with Gasteiger partial charge in [-0.1, -0.05) is 12.1 Å². The molecule has 0 saturated heterocycles. The van der Waals surface area contributed by atoms with E-state index in [0.717, 1.165) is 31.3 Å². The van der Waals surface area contributed by atoms with Gasteiger partial charge in [0.05, 0.1) is 26.3 Å². The summed E-state index contributed by atoms with van der Waals surface area (Å²) in [5, 5.41) is 0. The Bertz CT molecular complexity index is 485. The molecule has 4 nitrogen and oxygen atoms in total. The Kier molecular flexibility index (Phi) is 5.01. The largest absolute Gasteiger partial charge is 0.496 e. The average molecular weight is 276 g/mol. The van der Waals surface area contributed by atoms with E-state index in [-0.39, 0.29) is 6.04 Å². The van der Waals surface area contributed by atoms with Crippen molar-refractivity contribution < 1.29 is 9.47 Å². The number of methoxy groups -OCH3 is 1. The number of nitrogens with zero attached hydrogens (tertiary/aromatic N) is 2. The number of benzene rings is 1. The first-order chi connectivity index (χ1) is 9.65. The van der Waals surface area contributed by atoms with Gasteiger partial charge >= 0.3 is 0 Å². The van der Waals surface area contributed by atoms with E-state index in [2.05, 4.69) is 41.9 Å². The van der Waals surface area contributed by atoms with Crippen molar-refractivity contribution in [2.45, 2.75) is 33.4 Å². The molecule has 0 aliphatic carbocycles. The Labute approximate surface area is 121 Å². The summed E-state index contributed by atoms with van der Waals surface area (Å²) in [5.41, 5.74) is 2.43. The summed E-state index contributed by atoms with van der Waals surface area (Å²) in [5.74, 6) is 1.81. The highest BCUT2D eigenvalue weighted by Crippen LogP contribution is 2.23. The molecule has 2 rings (SSSR count). The normalized spacial score (nSPS) is 19.6. The fourth-order valence-electron chi connectivity index (χ4n) is 2.50. The van der Waals surface area contributed by atoms with E-state index >= 15 is 0 Å². The SMILES string of the molecule is CCOC1=NCCN(Cc2ccc(C)cc2OC)C1C. The predicted octanol–water partition coefficient (Wildman–Crippen LogP) is 2.64. The fourth-order valence-corrected chi connectivity index (χ4v) is 2.50. The lowest BCUT2D eigenvalue weighted by atomic mass is 10.1. The average Bonchev–Trinajstić information content (AvgIpc) is 2.45. The van der Waals surface area contributed by atoms with E-state index in [0.29, 0.717) is 6.61 Å². The molecular formula is C16H24N2O2. The molecule has 1 aliphatic rings. The highest BCUT2D eigenvalue weighted by atomic mass is 16.5. The molecule has 0 saturated carbocycles. The van der Waals surface area contributed by atoms with Crippen LogP contribution >= 0.6 is 0 Å². The van der Waals surface area contributed by atoms with Crippen LogP contribution in [-0.2, 0) is 11.3 Å². The molecule has 0 aromatic heterocycles. The van der Waals surface area contributed by atoms with Gasteiger partial charge in [-0.3, -0.25) is 9.89 Å². The monoisotopic (exact) mass is 276 g/mol. The van der Waals surface area contributed by atoms with Crippen LogP contribution in [-0.4, -0.2) is 43.6 Å². The van der Waals surface area contributed by atoms with Gasteiger partial charge in [-0.25, -0.2) is 0 Å². The molecule has 0 N–H and O–H groups in total. The molecule has 0 fully saturated rings. The van der Waals surface area contributed by atoms with Crippen LogP contribution < -0.4 is 4.74 Å². The summed E-state index contributed by atoms with van der Waals surface area (Å²) in [6.07, 6.45) is 0. The minimum Gasteiger partial charge on any atom is -0.496 e. The van der Waals surface area contributed by atoms with E-state index in [4.69, 9.17) is 9.47 Å². The van der Waals surface area contributed by atoms with Gasteiger partial charge in [-0.2, -0.15) is 0 Å². The first-order valence-electron chi connectivity index (χ1n) is 7.20. The van der Waals surface area contributed by atoms with Crippen molar-refractivity contribution in [3.8, 4) is 5.75 Å². The van der Waals surface area contributed by atoms with Crippen LogP contribution in [0, 0.1) is 6.92 Å². The van der Waals surface area contributed by atoms with Crippen molar-refractivity contribution in [3.63, 3.8) is 0 Å². The maximum absolute atomic E-state index is 5.62. The van der Waals surface area contributed by atoms with Crippen molar-refractivity contribution >= 4 is 5.90 Å². The maximum Gasteiger partial charge on any atom is 0.200 e. The molecule has 1 aromatic carbocycles. The number of aryl methyl sites for hydroxylation is 1. The van der Waals surface area contributed by atoms with Gasteiger partial charge < -0.3 is 9.47 Å². The number of aliphatic imine (C=N–C) groups is 1. The first-order valence-corrected chi connectivity index (χ1v) is 7.20. The summed E-state index contributed by atoms with van der Waals surface area (Å²) < 4.78 is 11.1. The molecule has 1 atom stereocenters. The van der Waals surface area contributed by atoms with Crippen molar-refractivity contribution in [3.05, 3.63) is 29.3 Å². The van der Waals surface area contributed by atoms with Crippen LogP contribution in [0.3, 0.4) is 0 Å². The van der Waals surface area contributed by atoms with Gasteiger partial charge in [0.15, 0.2) is 0 Å². The summed E-state index contributed by atoms with van der Waals surface area (Å²) in [6, 6.07) is 6.58. The molecule has 0 spiro atoms. The van der Waals surface area contributed by atoms with E-state index in [1.165, 1.54) is 11.1 Å². The second kappa shape index (κ2) is 6.75. The molecule has 1 aliphatic heterocycles. The lowest BCUT2D eigenvalue weighted by Gasteiger charge is -2.32.